The van der Waals surface area contributed by atoms with Gasteiger partial charge in [0.2, 0.25) is 0 Å². The van der Waals surface area contributed by atoms with Gasteiger partial charge >= 0.3 is 5.97 Å². The van der Waals surface area contributed by atoms with Gasteiger partial charge in [0.05, 0.1) is 11.4 Å². The molecule has 0 amide bonds. The number of benzene rings is 1. The molecule has 1 aliphatic heterocycles. The second kappa shape index (κ2) is 5.76. The second-order valence-corrected chi connectivity index (χ2v) is 6.66. The molecule has 116 valence electrons. The molecule has 1 aromatic carbocycles. The van der Waals surface area contributed by atoms with E-state index in [1.165, 1.54) is 0 Å². The van der Waals surface area contributed by atoms with Gasteiger partial charge in [0.1, 0.15) is 13.2 Å². The number of carbonyl (C=O) groups is 1. The summed E-state index contributed by atoms with van der Waals surface area (Å²) in [5.41, 5.74) is 1.31. The number of hydrogen-bond acceptors (Lipinski definition) is 3. The Balaban J connectivity index is 2.64. The Morgan fingerprint density at radius 2 is 2.00 bits per heavy atom. The first-order valence-electron chi connectivity index (χ1n) is 7.08. The van der Waals surface area contributed by atoms with E-state index in [4.69, 9.17) is 26.2 Å². The van der Waals surface area contributed by atoms with Crippen molar-refractivity contribution in [3.63, 3.8) is 0 Å². The number of halogens is 1. The number of ether oxygens (including phenoxy) is 2. The van der Waals surface area contributed by atoms with Crippen LogP contribution in [0.25, 0.3) is 0 Å². The van der Waals surface area contributed by atoms with Crippen LogP contribution < -0.4 is 9.47 Å². The number of hydrogen-bond donors (Lipinski definition) is 1. The fourth-order valence-electron chi connectivity index (χ4n) is 2.76. The summed E-state index contributed by atoms with van der Waals surface area (Å²) in [6.45, 7) is 8.85. The van der Waals surface area contributed by atoms with Crippen molar-refractivity contribution in [2.75, 3.05) is 13.2 Å². The van der Waals surface area contributed by atoms with Crippen LogP contribution in [0.15, 0.2) is 6.07 Å². The van der Waals surface area contributed by atoms with Gasteiger partial charge in [0, 0.05) is 5.41 Å². The minimum Gasteiger partial charge on any atom is -0.486 e. The predicted molar refractivity (Wildman–Crippen MR) is 81.8 cm³/mol. The summed E-state index contributed by atoms with van der Waals surface area (Å²) in [4.78, 5) is 11.2. The minimum atomic E-state index is -0.833. The Labute approximate surface area is 130 Å². The predicted octanol–water partition coefficient (Wildman–Crippen LogP) is 3.99. The molecule has 5 heteroatoms. The van der Waals surface area contributed by atoms with Crippen molar-refractivity contribution in [2.24, 2.45) is 0 Å². The van der Waals surface area contributed by atoms with Gasteiger partial charge in [0.25, 0.3) is 0 Å². The van der Waals surface area contributed by atoms with E-state index < -0.39 is 11.4 Å². The molecule has 1 N–H and O–H groups in total. The standard InChI is InChI=1S/C16H21ClO4/c1-9(2)13-10(16(3,4)8-12(18)19)7-11-15(14(13)17)21-6-5-20-11/h7,9H,5-6,8H2,1-4H3,(H,18,19). The van der Waals surface area contributed by atoms with Crippen molar-refractivity contribution in [3.05, 3.63) is 22.2 Å². The summed E-state index contributed by atoms with van der Waals surface area (Å²) in [5.74, 6) is 0.503. The monoisotopic (exact) mass is 312 g/mol. The Hall–Kier alpha value is -1.42. The zero-order chi connectivity index (χ0) is 15.8. The van der Waals surface area contributed by atoms with E-state index in [1.807, 2.05) is 33.8 Å². The summed E-state index contributed by atoms with van der Waals surface area (Å²) >= 11 is 6.52. The maximum absolute atomic E-state index is 11.2. The van der Waals surface area contributed by atoms with Crippen LogP contribution in [0.2, 0.25) is 5.02 Å². The van der Waals surface area contributed by atoms with E-state index in [1.54, 1.807) is 0 Å². The smallest absolute Gasteiger partial charge is 0.304 e. The molecule has 1 aromatic rings. The van der Waals surface area contributed by atoms with E-state index >= 15 is 0 Å². The van der Waals surface area contributed by atoms with Gasteiger partial charge in [-0.15, -0.1) is 0 Å². The van der Waals surface area contributed by atoms with Gasteiger partial charge in [-0.2, -0.15) is 0 Å². The quantitative estimate of drug-likeness (QED) is 0.913. The second-order valence-electron chi connectivity index (χ2n) is 6.29. The molecular formula is C16H21ClO4. The molecule has 0 spiro atoms. The molecule has 0 saturated carbocycles. The van der Waals surface area contributed by atoms with E-state index in [0.717, 1.165) is 11.1 Å². The van der Waals surface area contributed by atoms with Crippen LogP contribution >= 0.6 is 11.6 Å². The first-order valence-corrected chi connectivity index (χ1v) is 7.46. The third kappa shape index (κ3) is 3.10. The molecule has 0 bridgehead atoms. The molecule has 21 heavy (non-hydrogen) atoms. The molecule has 1 aliphatic rings. The normalized spacial score (nSPS) is 14.4. The third-order valence-electron chi connectivity index (χ3n) is 3.71. The molecule has 4 nitrogen and oxygen atoms in total. The fraction of sp³-hybridized carbons (Fsp3) is 0.562. The lowest BCUT2D eigenvalue weighted by Crippen LogP contribution is -2.25. The number of rotatable bonds is 4. The molecule has 0 saturated heterocycles. The molecule has 0 aromatic heterocycles. The molecule has 2 rings (SSSR count). The number of aliphatic carboxylic acids is 1. The Kier molecular flexibility index (Phi) is 4.38. The van der Waals surface area contributed by atoms with Gasteiger partial charge in [-0.05, 0) is 23.1 Å². The first kappa shape index (κ1) is 16.0. The Morgan fingerprint density at radius 1 is 1.38 bits per heavy atom. The van der Waals surface area contributed by atoms with Gasteiger partial charge < -0.3 is 14.6 Å². The van der Waals surface area contributed by atoms with Crippen LogP contribution in [0.3, 0.4) is 0 Å². The molecule has 0 radical (unpaired) electrons. The summed E-state index contributed by atoms with van der Waals surface area (Å²) in [7, 11) is 0. The van der Waals surface area contributed by atoms with Gasteiger partial charge in [-0.1, -0.05) is 39.3 Å². The summed E-state index contributed by atoms with van der Waals surface area (Å²) in [6.07, 6.45) is 0.0304. The van der Waals surface area contributed by atoms with E-state index in [0.29, 0.717) is 29.7 Å². The number of fused-ring (bicyclic) bond motifs is 1. The maximum Gasteiger partial charge on any atom is 0.304 e. The van der Waals surface area contributed by atoms with Crippen molar-refractivity contribution < 1.29 is 19.4 Å². The highest BCUT2D eigenvalue weighted by Gasteiger charge is 2.32. The van der Waals surface area contributed by atoms with Crippen molar-refractivity contribution in [1.82, 2.24) is 0 Å². The highest BCUT2D eigenvalue weighted by atomic mass is 35.5. The number of carboxylic acids is 1. The van der Waals surface area contributed by atoms with E-state index in [9.17, 15) is 4.79 Å². The van der Waals surface area contributed by atoms with Crippen molar-refractivity contribution in [1.29, 1.82) is 0 Å². The van der Waals surface area contributed by atoms with Crippen LogP contribution in [0.5, 0.6) is 11.5 Å². The lowest BCUT2D eigenvalue weighted by atomic mass is 9.76. The SMILES string of the molecule is CC(C)c1c(C(C)(C)CC(=O)O)cc2c(c1Cl)OCCO2. The summed E-state index contributed by atoms with van der Waals surface area (Å²) in [6, 6.07) is 1.89. The average Bonchev–Trinajstić information content (AvgIpc) is 2.36. The Morgan fingerprint density at radius 3 is 2.57 bits per heavy atom. The molecule has 0 fully saturated rings. The molecular weight excluding hydrogens is 292 g/mol. The highest BCUT2D eigenvalue weighted by Crippen LogP contribution is 2.47. The zero-order valence-electron chi connectivity index (χ0n) is 12.8. The number of carboxylic acid groups (broad SMARTS) is 1. The van der Waals surface area contributed by atoms with Crippen molar-refractivity contribution in [2.45, 2.75) is 45.4 Å². The molecule has 0 atom stereocenters. The zero-order valence-corrected chi connectivity index (χ0v) is 13.6. The lowest BCUT2D eigenvalue weighted by molar-refractivity contribution is -0.138. The largest absolute Gasteiger partial charge is 0.486 e. The van der Waals surface area contributed by atoms with Crippen LogP contribution in [0.1, 0.15) is 51.2 Å². The minimum absolute atomic E-state index is 0.0304. The highest BCUT2D eigenvalue weighted by molar-refractivity contribution is 6.33. The Bertz CT molecular complexity index is 564. The maximum atomic E-state index is 11.2. The van der Waals surface area contributed by atoms with Gasteiger partial charge in [-0.3, -0.25) is 4.79 Å². The van der Waals surface area contributed by atoms with Gasteiger partial charge in [0.15, 0.2) is 11.5 Å². The van der Waals surface area contributed by atoms with Crippen LogP contribution in [0.4, 0.5) is 0 Å². The summed E-state index contributed by atoms with van der Waals surface area (Å²) < 4.78 is 11.2. The van der Waals surface area contributed by atoms with E-state index in [-0.39, 0.29) is 12.3 Å². The lowest BCUT2D eigenvalue weighted by Gasteiger charge is -2.31. The van der Waals surface area contributed by atoms with E-state index in [2.05, 4.69) is 0 Å². The van der Waals surface area contributed by atoms with Crippen molar-refractivity contribution >= 4 is 17.6 Å². The average molecular weight is 313 g/mol. The van der Waals surface area contributed by atoms with Crippen LogP contribution in [-0.2, 0) is 10.2 Å². The topological polar surface area (TPSA) is 55.8 Å². The molecule has 0 aliphatic carbocycles. The van der Waals surface area contributed by atoms with Crippen LogP contribution in [-0.4, -0.2) is 24.3 Å². The third-order valence-corrected chi connectivity index (χ3v) is 4.09. The summed E-state index contributed by atoms with van der Waals surface area (Å²) in [5, 5.41) is 9.70. The first-order chi connectivity index (χ1) is 9.74. The van der Waals surface area contributed by atoms with Crippen molar-refractivity contribution in [3.8, 4) is 11.5 Å². The fourth-order valence-corrected chi connectivity index (χ4v) is 3.23. The molecule has 1 heterocycles. The molecule has 0 unspecified atom stereocenters. The van der Waals surface area contributed by atoms with Crippen LogP contribution in [0, 0.1) is 0 Å². The van der Waals surface area contributed by atoms with Gasteiger partial charge in [-0.25, -0.2) is 0 Å².